The normalized spacial score (nSPS) is 16.5. The Labute approximate surface area is 723 Å². The molecule has 0 saturated carbocycles. The van der Waals surface area contributed by atoms with Crippen molar-refractivity contribution >= 4 is 112 Å². The molecule has 0 aromatic heterocycles. The molecule has 0 spiro atoms. The summed E-state index contributed by atoms with van der Waals surface area (Å²) >= 11 is 0. The van der Waals surface area contributed by atoms with Crippen molar-refractivity contribution in [2.75, 3.05) is 32.8 Å². The number of hydrogen-bond acceptors (Lipinski definition) is 23. The predicted octanol–water partition coefficient (Wildman–Crippen LogP) is -4.38. The Kier molecular flexibility index (Phi) is 50.3. The number of nitrogens with zero attached hydrogens (tertiary/aromatic N) is 1. The minimum atomic E-state index is -1.95. The largest absolute Gasteiger partial charge is 0.481 e. The highest BCUT2D eigenvalue weighted by atomic mass is 16.4. The number of benzene rings is 1. The van der Waals surface area contributed by atoms with Crippen molar-refractivity contribution in [3.8, 4) is 0 Å². The lowest BCUT2D eigenvalue weighted by molar-refractivity contribution is -0.144. The summed E-state index contributed by atoms with van der Waals surface area (Å²) < 4.78 is 0. The van der Waals surface area contributed by atoms with Crippen LogP contribution >= 0.6 is 0 Å². The molecular weight excluding hydrogens is 1620 g/mol. The third-order valence-electron chi connectivity index (χ3n) is 21.0. The Hall–Kier alpha value is -11.2. The van der Waals surface area contributed by atoms with Crippen LogP contribution in [0, 0.1) is 29.6 Å². The number of carboxylic acids is 3. The number of primary amides is 1. The zero-order chi connectivity index (χ0) is 93.6. The van der Waals surface area contributed by atoms with Gasteiger partial charge in [-0.05, 0) is 145 Å². The smallest absolute Gasteiger partial charge is 0.326 e. The minimum absolute atomic E-state index is 0.00821. The molecule has 43 heteroatoms. The number of unbranched alkanes of at least 4 members (excludes halogenated alkanes) is 2. The number of hydrogen-bond donors (Lipinski definition) is 24. The maximum atomic E-state index is 14.6. The van der Waals surface area contributed by atoms with E-state index in [0.717, 1.165) is 12.0 Å². The summed E-state index contributed by atoms with van der Waals surface area (Å²) in [6.45, 7) is 17.8. The van der Waals surface area contributed by atoms with Gasteiger partial charge in [0.2, 0.25) is 88.6 Å². The van der Waals surface area contributed by atoms with Gasteiger partial charge in [-0.1, -0.05) is 119 Å². The van der Waals surface area contributed by atoms with Gasteiger partial charge in [0.15, 0.2) is 5.96 Å². The molecule has 29 N–H and O–H groups in total. The van der Waals surface area contributed by atoms with Crippen LogP contribution in [0.1, 0.15) is 204 Å². The number of aliphatic hydroxyl groups is 1. The number of amides is 15. The van der Waals surface area contributed by atoms with Crippen molar-refractivity contribution in [1.29, 1.82) is 0 Å². The monoisotopic (exact) mass is 1760 g/mol. The van der Waals surface area contributed by atoms with Crippen LogP contribution in [0.3, 0.4) is 0 Å². The Balaban J connectivity index is 2.45. The van der Waals surface area contributed by atoms with Crippen molar-refractivity contribution < 1.29 is 107 Å². The van der Waals surface area contributed by atoms with Crippen LogP contribution in [-0.2, 0) is 92.7 Å². The molecule has 0 unspecified atom stereocenters. The molecule has 1 heterocycles. The van der Waals surface area contributed by atoms with E-state index in [1.807, 2.05) is 13.0 Å². The number of rotatable bonds is 61. The lowest BCUT2D eigenvalue weighted by atomic mass is 9.95. The van der Waals surface area contributed by atoms with Crippen LogP contribution in [0.4, 0.5) is 0 Å². The van der Waals surface area contributed by atoms with E-state index in [4.69, 9.17) is 33.8 Å². The SMILES string of the molecule is CC[C@H](C)[C@H](NC(=O)[C@H](CC(N)=O)NC(=O)[C@H](CO)NC(=O)[C@@H](NC(=O)[C@H](CCCCN)NC(=O)[C@H](CCCCN)NC(=O)[C@H](CC(=O)O)NC(=O)[C@H](C)NC(=O)[C@H](CC(C)C)NC(=O)[C@H](CC(C)C)NC(=O)[C@@H](NC(=O)[C@H](Cc1ccccc1)NC(=O)[C@@H]1CCCN1)[C@@H](C)CC)[C@@H](C)CC)C(=O)N[C@@H](CCCN=C(N)N)C(=O)N[C@@H](CCC(=O)O)C(=O)O. The summed E-state index contributed by atoms with van der Waals surface area (Å²) in [4.78, 5) is 251. The number of carbonyl (C=O) groups is 18. The van der Waals surface area contributed by atoms with Gasteiger partial charge in [0.25, 0.3) is 0 Å². The summed E-state index contributed by atoms with van der Waals surface area (Å²) in [6.07, 6.45) is -0.528. The Morgan fingerprint density at radius 2 is 0.798 bits per heavy atom. The number of carboxylic acid groups (broad SMARTS) is 3. The third-order valence-corrected chi connectivity index (χ3v) is 21.0. The van der Waals surface area contributed by atoms with Crippen molar-refractivity contribution in [2.24, 2.45) is 63.3 Å². The Morgan fingerprint density at radius 1 is 0.419 bits per heavy atom. The number of aliphatic carboxylic acids is 3. The first-order valence-electron chi connectivity index (χ1n) is 42.5. The maximum Gasteiger partial charge on any atom is 0.326 e. The fourth-order valence-corrected chi connectivity index (χ4v) is 13.1. The third kappa shape index (κ3) is 40.4. The summed E-state index contributed by atoms with van der Waals surface area (Å²) in [5, 5.41) is 78.1. The van der Waals surface area contributed by atoms with Crippen LogP contribution < -0.4 is 108 Å². The first-order chi connectivity index (χ1) is 58.4. The molecule has 1 aliphatic rings. The Bertz CT molecular complexity index is 3740. The van der Waals surface area contributed by atoms with Gasteiger partial charge in [-0.2, -0.15) is 0 Å². The van der Waals surface area contributed by atoms with Gasteiger partial charge >= 0.3 is 17.9 Å². The fraction of sp³-hybridized carbons (Fsp3) is 0.691. The summed E-state index contributed by atoms with van der Waals surface area (Å²) in [5.41, 5.74) is 28.8. The lowest BCUT2D eigenvalue weighted by Crippen LogP contribution is -2.62. The zero-order valence-corrected chi connectivity index (χ0v) is 73.1. The van der Waals surface area contributed by atoms with Crippen molar-refractivity contribution in [3.05, 3.63) is 35.9 Å². The molecule has 1 aliphatic heterocycles. The van der Waals surface area contributed by atoms with E-state index in [-0.39, 0.29) is 114 Å². The van der Waals surface area contributed by atoms with Crippen LogP contribution in [0.25, 0.3) is 0 Å². The summed E-state index contributed by atoms with van der Waals surface area (Å²) in [7, 11) is 0. The number of carbonyl (C=O) groups excluding carboxylic acids is 15. The van der Waals surface area contributed by atoms with E-state index >= 15 is 0 Å². The molecule has 1 fully saturated rings. The number of nitrogens with two attached hydrogens (primary N) is 5. The van der Waals surface area contributed by atoms with Gasteiger partial charge in [0.05, 0.1) is 25.5 Å². The topological polar surface area (TPSA) is 711 Å². The molecule has 1 aromatic carbocycles. The molecule has 15 amide bonds. The second kappa shape index (κ2) is 57.3. The highest BCUT2D eigenvalue weighted by molar-refractivity contribution is 6.02. The standard InChI is InChI=1S/C81H137N21O22/c1-12-44(8)63(77(120)92-52(29-23-35-88-81(85)86)69(112)93-53(80(123)124)30-31-61(105)106)102-75(118)57(39-60(84)104)97-76(119)59(41-103)99-79(122)65(46(10)14-3)100-70(113)51(27-19-21-33-83)90-68(111)50(26-18-20-32-82)91-73(116)58(40-62(107)108)94-66(109)47(11)89-71(114)54(36-42(4)5)95-72(115)55(37-43(6)7)98-78(121)64(45(9)13-2)101-74(117)56(38-48-24-16-15-17-25-48)96-67(110)49-28-22-34-87-49/h15-17,24-25,42-47,49-59,63-65,87,103H,12-14,18-23,26-41,82-83H2,1-11H3,(H2,84,104)(H,89,114)(H,90,111)(H,91,116)(H,92,120)(H,93,112)(H,94,109)(H,95,115)(H,96,110)(H,97,119)(H,98,121)(H,99,122)(H,100,113)(H,101,117)(H,102,118)(H,105,106)(H,107,108)(H,123,124)(H4,85,86,88)/t44-,45-,46-,47-,49-,50-,51-,52-,53-,54-,55-,56-,57-,58-,59-,63-,64-,65-/m0/s1. The summed E-state index contributed by atoms with van der Waals surface area (Å²) in [5.74, 6) is -21.9. The van der Waals surface area contributed by atoms with Crippen molar-refractivity contribution in [2.45, 2.75) is 295 Å². The van der Waals surface area contributed by atoms with Gasteiger partial charge < -0.3 is 129 Å². The van der Waals surface area contributed by atoms with Gasteiger partial charge in [0, 0.05) is 19.4 Å². The van der Waals surface area contributed by atoms with E-state index in [2.05, 4.69) is 84.7 Å². The minimum Gasteiger partial charge on any atom is -0.481 e. The molecule has 0 radical (unpaired) electrons. The van der Waals surface area contributed by atoms with Gasteiger partial charge in [0.1, 0.15) is 84.6 Å². The Morgan fingerprint density at radius 3 is 1.22 bits per heavy atom. The molecule has 18 atom stereocenters. The number of nitrogens with one attached hydrogen (secondary N) is 15. The molecule has 1 aromatic rings. The molecule has 124 heavy (non-hydrogen) atoms. The number of guanidine groups is 1. The van der Waals surface area contributed by atoms with E-state index in [9.17, 15) is 102 Å². The highest BCUT2D eigenvalue weighted by Crippen LogP contribution is 2.19. The molecule has 2 rings (SSSR count). The maximum absolute atomic E-state index is 14.6. The second-order valence-electron chi connectivity index (χ2n) is 32.3. The molecule has 1 saturated heterocycles. The first kappa shape index (κ1) is 109. The number of aliphatic imine (C=N–C) groups is 1. The highest BCUT2D eigenvalue weighted by Gasteiger charge is 2.41. The van der Waals surface area contributed by atoms with E-state index in [1.54, 1.807) is 72.7 Å². The van der Waals surface area contributed by atoms with Crippen LogP contribution in [-0.4, -0.2) is 256 Å². The molecule has 698 valence electrons. The first-order valence-corrected chi connectivity index (χ1v) is 42.5. The molecule has 0 bridgehead atoms. The van der Waals surface area contributed by atoms with Crippen LogP contribution in [0.2, 0.25) is 0 Å². The predicted molar refractivity (Wildman–Crippen MR) is 455 cm³/mol. The van der Waals surface area contributed by atoms with Gasteiger partial charge in [-0.25, -0.2) is 4.79 Å². The van der Waals surface area contributed by atoms with Crippen LogP contribution in [0.5, 0.6) is 0 Å². The molecule has 0 aliphatic carbocycles. The summed E-state index contributed by atoms with van der Waals surface area (Å²) in [6, 6.07) is -13.3. The quantitative estimate of drug-likeness (QED) is 0.0166. The van der Waals surface area contributed by atoms with Crippen molar-refractivity contribution in [3.63, 3.8) is 0 Å². The van der Waals surface area contributed by atoms with Crippen LogP contribution in [0.15, 0.2) is 35.3 Å². The molecule has 43 nitrogen and oxygen atoms in total. The van der Waals surface area contributed by atoms with E-state index in [0.29, 0.717) is 32.2 Å². The number of aliphatic hydroxyl groups excluding tert-OH is 1. The van der Waals surface area contributed by atoms with E-state index in [1.165, 1.54) is 20.8 Å². The zero-order valence-electron chi connectivity index (χ0n) is 73.1. The second-order valence-corrected chi connectivity index (χ2v) is 32.3. The fourth-order valence-electron chi connectivity index (χ4n) is 13.1. The van der Waals surface area contributed by atoms with Crippen molar-refractivity contribution in [1.82, 2.24) is 79.8 Å². The van der Waals surface area contributed by atoms with E-state index < -0.39 is 241 Å². The van der Waals surface area contributed by atoms with Gasteiger partial charge in [-0.3, -0.25) is 86.5 Å². The average molecular weight is 1760 g/mol. The lowest BCUT2D eigenvalue weighted by Gasteiger charge is -2.30. The van der Waals surface area contributed by atoms with Gasteiger partial charge in [-0.15, -0.1) is 0 Å². The molecular formula is C81H137N21O22. The average Bonchev–Trinajstić information content (AvgIpc) is 0.891.